The molecule has 0 saturated carbocycles. The average molecular weight is 280 g/mol. The fraction of sp³-hybridized carbons (Fsp3) is 0.333. The average Bonchev–Trinajstić information content (AvgIpc) is 3.02. The lowest BCUT2D eigenvalue weighted by Crippen LogP contribution is -2.29. The van der Waals surface area contributed by atoms with Gasteiger partial charge in [-0.2, -0.15) is 0 Å². The molecule has 0 bridgehead atoms. The Morgan fingerprint density at radius 1 is 1.50 bits per heavy atom. The van der Waals surface area contributed by atoms with Crippen LogP contribution in [0.2, 0.25) is 0 Å². The summed E-state index contributed by atoms with van der Waals surface area (Å²) in [5, 5.41) is 0.577. The number of hydrogen-bond acceptors (Lipinski definition) is 5. The van der Waals surface area contributed by atoms with Crippen molar-refractivity contribution in [3.05, 3.63) is 35.2 Å². The minimum Gasteiger partial charge on any atom is -0.466 e. The quantitative estimate of drug-likeness (QED) is 0.847. The third-order valence-electron chi connectivity index (χ3n) is 2.75. The molecule has 0 spiro atoms. The molecule has 3 heterocycles. The third kappa shape index (κ3) is 1.85. The van der Waals surface area contributed by atoms with Crippen molar-refractivity contribution in [1.82, 2.24) is 4.98 Å². The van der Waals surface area contributed by atoms with Crippen molar-refractivity contribution >= 4 is 34.1 Å². The zero-order valence-electron chi connectivity index (χ0n) is 9.99. The second-order valence-corrected chi connectivity index (χ2v) is 6.75. The normalized spacial score (nSPS) is 23.9. The number of carbonyl (C=O) groups excluding carboxylic acids is 1. The molecular weight excluding hydrogens is 268 g/mol. The Hall–Kier alpha value is -1.27. The molecule has 1 aliphatic heterocycles. The minimum absolute atomic E-state index is 0.0655. The highest BCUT2D eigenvalue weighted by molar-refractivity contribution is 8.01. The van der Waals surface area contributed by atoms with Crippen LogP contribution in [0.5, 0.6) is 0 Å². The smallest absolute Gasteiger partial charge is 0.243 e. The largest absolute Gasteiger partial charge is 0.466 e. The van der Waals surface area contributed by atoms with E-state index in [-0.39, 0.29) is 16.5 Å². The molecule has 0 N–H and O–H groups in total. The van der Waals surface area contributed by atoms with Crippen LogP contribution in [-0.4, -0.2) is 16.1 Å². The van der Waals surface area contributed by atoms with Crippen LogP contribution in [0, 0.1) is 6.92 Å². The van der Waals surface area contributed by atoms with Gasteiger partial charge in [-0.15, -0.1) is 23.1 Å². The lowest BCUT2D eigenvalue weighted by molar-refractivity contribution is -0.117. The highest BCUT2D eigenvalue weighted by Gasteiger charge is 2.42. The highest BCUT2D eigenvalue weighted by Crippen LogP contribution is 2.46. The van der Waals surface area contributed by atoms with Crippen LogP contribution in [0.4, 0.5) is 5.13 Å². The van der Waals surface area contributed by atoms with E-state index in [1.807, 2.05) is 26.0 Å². The van der Waals surface area contributed by atoms with Crippen molar-refractivity contribution in [3.63, 3.8) is 0 Å². The van der Waals surface area contributed by atoms with Crippen molar-refractivity contribution < 1.29 is 9.21 Å². The molecule has 2 atom stereocenters. The maximum absolute atomic E-state index is 12.3. The summed E-state index contributed by atoms with van der Waals surface area (Å²) < 4.78 is 5.43. The first-order chi connectivity index (χ1) is 8.66. The van der Waals surface area contributed by atoms with E-state index in [0.29, 0.717) is 0 Å². The fourth-order valence-electron chi connectivity index (χ4n) is 1.90. The van der Waals surface area contributed by atoms with E-state index in [4.69, 9.17) is 4.42 Å². The van der Waals surface area contributed by atoms with E-state index in [9.17, 15) is 4.79 Å². The van der Waals surface area contributed by atoms with Gasteiger partial charge in [0, 0.05) is 11.1 Å². The van der Waals surface area contributed by atoms with Crippen LogP contribution in [-0.2, 0) is 4.79 Å². The zero-order chi connectivity index (χ0) is 12.7. The van der Waals surface area contributed by atoms with Crippen LogP contribution in [0.1, 0.15) is 22.9 Å². The van der Waals surface area contributed by atoms with Crippen LogP contribution in [0.25, 0.3) is 0 Å². The fourth-order valence-corrected chi connectivity index (χ4v) is 3.97. The Balaban J connectivity index is 2.00. The number of aryl methyl sites for hydroxylation is 1. The number of anilines is 1. The van der Waals surface area contributed by atoms with E-state index in [0.717, 1.165) is 15.8 Å². The molecule has 1 amide bonds. The Bertz CT molecular complexity index is 564. The second-order valence-electron chi connectivity index (χ2n) is 4.11. The SMILES string of the molecule is Cc1cnc(N2C(=O)[C@H](C)S[C@H]2c2ccco2)s1. The molecule has 1 aliphatic rings. The number of rotatable bonds is 2. The van der Waals surface area contributed by atoms with E-state index >= 15 is 0 Å². The standard InChI is InChI=1S/C12H12N2O2S2/c1-7-6-13-12(17-7)14-10(15)8(2)18-11(14)9-4-3-5-16-9/h3-6,8,11H,1-2H3/t8-,11-/m0/s1. The molecule has 3 rings (SSSR count). The van der Waals surface area contributed by atoms with Gasteiger partial charge in [0.1, 0.15) is 11.1 Å². The summed E-state index contributed by atoms with van der Waals surface area (Å²) in [6.07, 6.45) is 3.43. The molecule has 18 heavy (non-hydrogen) atoms. The summed E-state index contributed by atoms with van der Waals surface area (Å²) >= 11 is 3.12. The summed E-state index contributed by atoms with van der Waals surface area (Å²) in [6.45, 7) is 3.91. The summed E-state index contributed by atoms with van der Waals surface area (Å²) in [4.78, 5) is 19.4. The third-order valence-corrected chi connectivity index (χ3v) is 4.98. The van der Waals surface area contributed by atoms with Crippen LogP contribution >= 0.6 is 23.1 Å². The van der Waals surface area contributed by atoms with Crippen molar-refractivity contribution in [2.45, 2.75) is 24.5 Å². The zero-order valence-corrected chi connectivity index (χ0v) is 11.6. The molecule has 0 aromatic carbocycles. The lowest BCUT2D eigenvalue weighted by atomic mass is 10.3. The lowest BCUT2D eigenvalue weighted by Gasteiger charge is -2.18. The van der Waals surface area contributed by atoms with Gasteiger partial charge in [0.15, 0.2) is 5.13 Å². The topological polar surface area (TPSA) is 46.3 Å². The molecule has 2 aromatic heterocycles. The first-order valence-corrected chi connectivity index (χ1v) is 7.37. The van der Waals surface area contributed by atoms with Crippen LogP contribution in [0.15, 0.2) is 29.0 Å². The number of thiazole rings is 1. The van der Waals surface area contributed by atoms with Crippen molar-refractivity contribution in [3.8, 4) is 0 Å². The Morgan fingerprint density at radius 3 is 2.94 bits per heavy atom. The van der Waals surface area contributed by atoms with Gasteiger partial charge in [-0.25, -0.2) is 4.98 Å². The molecule has 1 fully saturated rings. The van der Waals surface area contributed by atoms with E-state index in [1.165, 1.54) is 11.3 Å². The van der Waals surface area contributed by atoms with E-state index in [2.05, 4.69) is 4.98 Å². The van der Waals surface area contributed by atoms with Crippen molar-refractivity contribution in [2.24, 2.45) is 0 Å². The van der Waals surface area contributed by atoms with Crippen molar-refractivity contribution in [1.29, 1.82) is 0 Å². The predicted octanol–water partition coefficient (Wildman–Crippen LogP) is 3.21. The molecule has 0 radical (unpaired) electrons. The van der Waals surface area contributed by atoms with Gasteiger partial charge in [-0.3, -0.25) is 9.69 Å². The number of hydrogen-bond donors (Lipinski definition) is 0. The highest BCUT2D eigenvalue weighted by atomic mass is 32.2. The van der Waals surface area contributed by atoms with Gasteiger partial charge >= 0.3 is 0 Å². The molecule has 2 aromatic rings. The predicted molar refractivity (Wildman–Crippen MR) is 72.8 cm³/mol. The number of nitrogens with zero attached hydrogens (tertiary/aromatic N) is 2. The molecular formula is C12H12N2O2S2. The van der Waals surface area contributed by atoms with E-state index in [1.54, 1.807) is 29.1 Å². The van der Waals surface area contributed by atoms with Gasteiger partial charge in [-0.1, -0.05) is 0 Å². The van der Waals surface area contributed by atoms with Crippen LogP contribution < -0.4 is 4.90 Å². The van der Waals surface area contributed by atoms with Gasteiger partial charge in [0.05, 0.1) is 11.5 Å². The Kier molecular flexibility index (Phi) is 2.91. The van der Waals surface area contributed by atoms with Gasteiger partial charge in [0.2, 0.25) is 5.91 Å². The number of thioether (sulfide) groups is 1. The second kappa shape index (κ2) is 4.44. The van der Waals surface area contributed by atoms with Gasteiger partial charge in [-0.05, 0) is 26.0 Å². The molecule has 0 unspecified atom stereocenters. The number of carbonyl (C=O) groups is 1. The van der Waals surface area contributed by atoms with Crippen LogP contribution in [0.3, 0.4) is 0 Å². The molecule has 6 heteroatoms. The van der Waals surface area contributed by atoms with Gasteiger partial charge in [0.25, 0.3) is 0 Å². The molecule has 94 valence electrons. The number of furan rings is 1. The van der Waals surface area contributed by atoms with Crippen molar-refractivity contribution in [2.75, 3.05) is 4.90 Å². The molecule has 4 nitrogen and oxygen atoms in total. The van der Waals surface area contributed by atoms with Gasteiger partial charge < -0.3 is 4.42 Å². The Morgan fingerprint density at radius 2 is 2.33 bits per heavy atom. The van der Waals surface area contributed by atoms with E-state index < -0.39 is 0 Å². The molecule has 0 aliphatic carbocycles. The minimum atomic E-state index is -0.104. The first kappa shape index (κ1) is 11.8. The maximum Gasteiger partial charge on any atom is 0.243 e. The number of aromatic nitrogens is 1. The monoisotopic (exact) mass is 280 g/mol. The number of amides is 1. The summed E-state index contributed by atoms with van der Waals surface area (Å²) in [7, 11) is 0. The summed E-state index contributed by atoms with van der Waals surface area (Å²) in [5.41, 5.74) is 0. The summed E-state index contributed by atoms with van der Waals surface area (Å²) in [5.74, 6) is 0.890. The first-order valence-electron chi connectivity index (χ1n) is 5.61. The Labute approximate surface area is 113 Å². The molecule has 1 saturated heterocycles. The summed E-state index contributed by atoms with van der Waals surface area (Å²) in [6, 6.07) is 3.74. The maximum atomic E-state index is 12.3.